The quantitative estimate of drug-likeness (QED) is 0.0747. The van der Waals surface area contributed by atoms with Crippen LogP contribution in [0.3, 0.4) is 0 Å². The van der Waals surface area contributed by atoms with Crippen LogP contribution in [0, 0.1) is 71.0 Å². The maximum Gasteiger partial charge on any atom is 0.309 e. The third-order valence-electron chi connectivity index (χ3n) is 18.4. The first kappa shape index (κ1) is 51.1. The van der Waals surface area contributed by atoms with Crippen LogP contribution in [0.4, 0.5) is 0 Å². The zero-order valence-corrected chi connectivity index (χ0v) is 41.5. The predicted octanol–water partition coefficient (Wildman–Crippen LogP) is 9.34. The summed E-state index contributed by atoms with van der Waals surface area (Å²) in [7, 11) is 1.93. The number of nitrogens with zero attached hydrogens (tertiary/aromatic N) is 1. The molecule has 68 heavy (non-hydrogen) atoms. The molecule has 0 heterocycles. The summed E-state index contributed by atoms with van der Waals surface area (Å²) in [6, 6.07) is 0. The molecule has 0 radical (unpaired) electrons. The highest BCUT2D eigenvalue weighted by atomic mass is 16.6. The largest absolute Gasteiger partial charge is 0.461 e. The van der Waals surface area contributed by atoms with Crippen LogP contribution in [0.15, 0.2) is 0 Å². The van der Waals surface area contributed by atoms with E-state index in [0.717, 1.165) is 51.4 Å². The number of hydrogen-bond donors (Lipinski definition) is 0. The van der Waals surface area contributed by atoms with Crippen LogP contribution in [0.1, 0.15) is 180 Å². The molecule has 8 unspecified atom stereocenters. The Balaban J connectivity index is 0.752. The van der Waals surface area contributed by atoms with Crippen molar-refractivity contribution in [1.29, 1.82) is 0 Å². The molecule has 8 aliphatic rings. The maximum atomic E-state index is 13.2. The molecule has 13 nitrogen and oxygen atoms in total. The molecule has 8 saturated carbocycles. The number of carbonyl (C=O) groups is 6. The number of hydrogen-bond acceptors (Lipinski definition) is 13. The number of fused-ring (bicyclic) bond motifs is 4. The minimum absolute atomic E-state index is 0.131. The molecule has 0 amide bonds. The van der Waals surface area contributed by atoms with Crippen LogP contribution in [0.2, 0.25) is 0 Å². The number of esters is 6. The predicted molar refractivity (Wildman–Crippen MR) is 252 cm³/mol. The van der Waals surface area contributed by atoms with Gasteiger partial charge < -0.3 is 33.3 Å². The third-order valence-corrected chi connectivity index (χ3v) is 18.4. The van der Waals surface area contributed by atoms with Gasteiger partial charge in [-0.3, -0.25) is 28.8 Å². The minimum Gasteiger partial charge on any atom is -0.461 e. The Bertz CT molecular complexity index is 1430. The van der Waals surface area contributed by atoms with Crippen molar-refractivity contribution in [2.75, 3.05) is 46.6 Å². The summed E-state index contributed by atoms with van der Waals surface area (Å²) in [5.41, 5.74) is 0. The summed E-state index contributed by atoms with van der Waals surface area (Å²) in [5.74, 6) is 2.34. The van der Waals surface area contributed by atoms with Crippen molar-refractivity contribution in [2.45, 2.75) is 192 Å². The van der Waals surface area contributed by atoms with Gasteiger partial charge in [0.15, 0.2) is 12.2 Å². The zero-order valence-electron chi connectivity index (χ0n) is 41.5. The van der Waals surface area contributed by atoms with E-state index in [-0.39, 0.29) is 86.8 Å². The first-order valence-corrected chi connectivity index (χ1v) is 27.8. The Kier molecular flexibility index (Phi) is 19.0. The standard InChI is InChI=1S/C55H85NO12/c1-56(22-10-20-50(57)67-48(32-63-52(59)44-24-36-12-2-3-13-37(36)25-44)33-64-53(60)45-26-38-14-4-5-15-39(38)27-45)23-11-21-51(58)68-49(34-65-54(61)46-28-40-16-6-7-17-41(40)29-46)35-66-55(62)47-30-42-18-8-9-19-43(42)31-47/h36-49H,2-35H2,1H3. The van der Waals surface area contributed by atoms with Gasteiger partial charge in [-0.2, -0.15) is 0 Å². The maximum absolute atomic E-state index is 13.2. The van der Waals surface area contributed by atoms with E-state index < -0.39 is 24.1 Å². The molecule has 0 aromatic carbocycles. The molecule has 8 rings (SSSR count). The minimum atomic E-state index is -0.874. The van der Waals surface area contributed by atoms with Crippen LogP contribution in [-0.2, 0) is 57.2 Å². The Morgan fingerprint density at radius 3 is 0.824 bits per heavy atom. The summed E-state index contributed by atoms with van der Waals surface area (Å²) < 4.78 is 34.8. The second-order valence-electron chi connectivity index (χ2n) is 23.1. The van der Waals surface area contributed by atoms with Gasteiger partial charge in [0.1, 0.15) is 26.4 Å². The molecule has 0 spiro atoms. The molecular weight excluding hydrogens is 867 g/mol. The van der Waals surface area contributed by atoms with Crippen LogP contribution in [-0.4, -0.2) is 99.5 Å². The third kappa shape index (κ3) is 14.4. The lowest BCUT2D eigenvalue weighted by molar-refractivity contribution is -0.169. The van der Waals surface area contributed by atoms with Crippen LogP contribution in [0.25, 0.3) is 0 Å². The van der Waals surface area contributed by atoms with E-state index in [0.29, 0.717) is 73.3 Å². The average Bonchev–Trinajstić information content (AvgIpc) is 4.17. The van der Waals surface area contributed by atoms with Gasteiger partial charge in [0, 0.05) is 12.8 Å². The first-order chi connectivity index (χ1) is 33.0. The highest BCUT2D eigenvalue weighted by molar-refractivity contribution is 5.75. The molecule has 8 fully saturated rings. The lowest BCUT2D eigenvalue weighted by Gasteiger charge is -2.24. The lowest BCUT2D eigenvalue weighted by atomic mass is 9.82. The van der Waals surface area contributed by atoms with Crippen molar-refractivity contribution in [2.24, 2.45) is 71.0 Å². The van der Waals surface area contributed by atoms with Crippen molar-refractivity contribution in [3.8, 4) is 0 Å². The smallest absolute Gasteiger partial charge is 0.309 e. The fraction of sp³-hybridized carbons (Fsp3) is 0.891. The summed E-state index contributed by atoms with van der Waals surface area (Å²) in [6.45, 7) is 0.613. The second-order valence-corrected chi connectivity index (χ2v) is 23.1. The Morgan fingerprint density at radius 2 is 0.603 bits per heavy atom. The summed E-state index contributed by atoms with van der Waals surface area (Å²) in [6.07, 6.45) is 25.6. The summed E-state index contributed by atoms with van der Waals surface area (Å²) >= 11 is 0. The van der Waals surface area contributed by atoms with Crippen molar-refractivity contribution >= 4 is 35.8 Å². The Labute approximate surface area is 406 Å². The van der Waals surface area contributed by atoms with Gasteiger partial charge in [-0.05, 0) is 132 Å². The van der Waals surface area contributed by atoms with Gasteiger partial charge in [0.05, 0.1) is 23.7 Å². The Morgan fingerprint density at radius 1 is 0.382 bits per heavy atom. The molecule has 0 aromatic rings. The van der Waals surface area contributed by atoms with Crippen molar-refractivity contribution < 1.29 is 57.2 Å². The number of carbonyl (C=O) groups excluding carboxylic acids is 6. The van der Waals surface area contributed by atoms with Gasteiger partial charge in [-0.15, -0.1) is 0 Å². The van der Waals surface area contributed by atoms with Crippen LogP contribution >= 0.6 is 0 Å². The van der Waals surface area contributed by atoms with E-state index in [1.165, 1.54) is 103 Å². The van der Waals surface area contributed by atoms with E-state index in [1.807, 2.05) is 11.9 Å². The van der Waals surface area contributed by atoms with E-state index in [4.69, 9.17) is 28.4 Å². The molecule has 0 aliphatic heterocycles. The SMILES string of the molecule is CN(CCCC(=O)OC(COC(=O)C1CC2CCCCC2C1)COC(=O)C1CC2CCCCC2C1)CCCC(=O)OC(COC(=O)C1CC2CCCCC2C1)COC(=O)C1CC2CCCCC2C1. The zero-order chi connectivity index (χ0) is 47.4. The van der Waals surface area contributed by atoms with Gasteiger partial charge in [0.2, 0.25) is 0 Å². The lowest BCUT2D eigenvalue weighted by Crippen LogP contribution is -2.33. The Hall–Kier alpha value is -3.22. The fourth-order valence-electron chi connectivity index (χ4n) is 14.7. The molecule has 8 aliphatic carbocycles. The van der Waals surface area contributed by atoms with E-state index in [2.05, 4.69) is 0 Å². The summed E-state index contributed by atoms with van der Waals surface area (Å²) in [4.78, 5) is 81.4. The van der Waals surface area contributed by atoms with Crippen molar-refractivity contribution in [3.05, 3.63) is 0 Å². The topological polar surface area (TPSA) is 161 Å². The van der Waals surface area contributed by atoms with Crippen molar-refractivity contribution in [1.82, 2.24) is 4.90 Å². The second kappa shape index (κ2) is 25.2. The highest BCUT2D eigenvalue weighted by Gasteiger charge is 2.43. The number of rotatable bonds is 22. The van der Waals surface area contributed by atoms with E-state index >= 15 is 0 Å². The van der Waals surface area contributed by atoms with Gasteiger partial charge in [-0.1, -0.05) is 103 Å². The monoisotopic (exact) mass is 952 g/mol. The molecular formula is C55H85NO12. The molecule has 0 N–H and O–H groups in total. The van der Waals surface area contributed by atoms with Crippen LogP contribution < -0.4 is 0 Å². The molecule has 0 aromatic heterocycles. The van der Waals surface area contributed by atoms with Gasteiger partial charge >= 0.3 is 35.8 Å². The molecule has 8 atom stereocenters. The fourth-order valence-corrected chi connectivity index (χ4v) is 14.7. The van der Waals surface area contributed by atoms with Crippen molar-refractivity contribution in [3.63, 3.8) is 0 Å². The molecule has 0 saturated heterocycles. The van der Waals surface area contributed by atoms with Crippen LogP contribution in [0.5, 0.6) is 0 Å². The van der Waals surface area contributed by atoms with E-state index in [1.54, 1.807) is 0 Å². The molecule has 0 bridgehead atoms. The van der Waals surface area contributed by atoms with Gasteiger partial charge in [0.25, 0.3) is 0 Å². The molecule has 13 heteroatoms. The van der Waals surface area contributed by atoms with E-state index in [9.17, 15) is 28.8 Å². The first-order valence-electron chi connectivity index (χ1n) is 27.8. The van der Waals surface area contributed by atoms with Gasteiger partial charge in [-0.25, -0.2) is 0 Å². The summed E-state index contributed by atoms with van der Waals surface area (Å²) in [5, 5.41) is 0. The highest BCUT2D eigenvalue weighted by Crippen LogP contribution is 2.48. The molecule has 382 valence electrons. The normalized spacial score (nSPS) is 33.8. The average molecular weight is 952 g/mol. The number of ether oxygens (including phenoxy) is 6.